The number of aromatic nitrogens is 4. The molecule has 0 aliphatic carbocycles. The molecule has 0 bridgehead atoms. The van der Waals surface area contributed by atoms with E-state index in [4.69, 9.17) is 0 Å². The highest BCUT2D eigenvalue weighted by Crippen LogP contribution is 2.28. The highest BCUT2D eigenvalue weighted by atomic mass is 32.2. The van der Waals surface area contributed by atoms with Crippen LogP contribution in [0, 0.1) is 0 Å². The molecule has 1 aromatic carbocycles. The smallest absolute Gasteiger partial charge is 0.267 e. The zero-order valence-corrected chi connectivity index (χ0v) is 15.0. The van der Waals surface area contributed by atoms with E-state index in [-0.39, 0.29) is 16.8 Å². The van der Waals surface area contributed by atoms with Crippen LogP contribution in [0.1, 0.15) is 19.9 Å². The average Bonchev–Trinajstić information content (AvgIpc) is 2.62. The quantitative estimate of drug-likeness (QED) is 0.673. The van der Waals surface area contributed by atoms with E-state index in [0.717, 1.165) is 5.56 Å². The molecule has 0 spiro atoms. The lowest BCUT2D eigenvalue weighted by atomic mass is 10.0. The van der Waals surface area contributed by atoms with E-state index in [9.17, 15) is 9.00 Å². The maximum atomic E-state index is 12.0. The van der Waals surface area contributed by atoms with Crippen molar-refractivity contribution in [2.45, 2.75) is 25.0 Å². The Bertz CT molecular complexity index is 984. The van der Waals surface area contributed by atoms with Crippen LogP contribution in [0.25, 0.3) is 22.5 Å². The third kappa shape index (κ3) is 3.56. The van der Waals surface area contributed by atoms with Crippen molar-refractivity contribution in [3.8, 4) is 22.5 Å². The second-order valence-electron chi connectivity index (χ2n) is 5.83. The van der Waals surface area contributed by atoms with Gasteiger partial charge in [-0.1, -0.05) is 30.3 Å². The van der Waals surface area contributed by atoms with Gasteiger partial charge >= 0.3 is 0 Å². The summed E-state index contributed by atoms with van der Waals surface area (Å²) in [4.78, 5) is 20.6. The van der Waals surface area contributed by atoms with Crippen molar-refractivity contribution in [2.75, 3.05) is 6.26 Å². The molecule has 2 heterocycles. The Labute approximate surface area is 148 Å². The third-order valence-corrected chi connectivity index (χ3v) is 4.37. The van der Waals surface area contributed by atoms with Gasteiger partial charge in [-0.05, 0) is 19.9 Å². The van der Waals surface area contributed by atoms with Crippen molar-refractivity contribution in [2.24, 2.45) is 0 Å². The van der Waals surface area contributed by atoms with Crippen LogP contribution < -0.4 is 5.56 Å². The van der Waals surface area contributed by atoms with E-state index in [1.165, 1.54) is 10.7 Å². The van der Waals surface area contributed by atoms with Gasteiger partial charge in [-0.2, -0.15) is 5.10 Å². The van der Waals surface area contributed by atoms with Crippen molar-refractivity contribution in [1.82, 2.24) is 19.7 Å². The van der Waals surface area contributed by atoms with Gasteiger partial charge in [0.05, 0.1) is 28.2 Å². The topological polar surface area (TPSA) is 77.7 Å². The monoisotopic (exact) mass is 354 g/mol. The van der Waals surface area contributed by atoms with Crippen molar-refractivity contribution in [1.29, 1.82) is 0 Å². The van der Waals surface area contributed by atoms with Crippen LogP contribution in [0.15, 0.2) is 58.6 Å². The molecule has 0 fully saturated rings. The Morgan fingerprint density at radius 2 is 1.80 bits per heavy atom. The van der Waals surface area contributed by atoms with E-state index in [1.807, 2.05) is 44.2 Å². The lowest BCUT2D eigenvalue weighted by Gasteiger charge is -2.12. The Morgan fingerprint density at radius 1 is 1.08 bits per heavy atom. The van der Waals surface area contributed by atoms with E-state index in [1.54, 1.807) is 18.5 Å². The molecule has 25 heavy (non-hydrogen) atoms. The molecule has 1 unspecified atom stereocenters. The summed E-state index contributed by atoms with van der Waals surface area (Å²) in [5.74, 6) is 0. The van der Waals surface area contributed by atoms with Crippen LogP contribution in [0.5, 0.6) is 0 Å². The third-order valence-electron chi connectivity index (χ3n) is 3.66. The van der Waals surface area contributed by atoms with Crippen LogP contribution in [0.4, 0.5) is 0 Å². The minimum atomic E-state index is -1.29. The molecule has 3 aromatic rings. The van der Waals surface area contributed by atoms with E-state index < -0.39 is 10.8 Å². The second kappa shape index (κ2) is 7.06. The van der Waals surface area contributed by atoms with Crippen molar-refractivity contribution in [3.05, 3.63) is 59.0 Å². The molecule has 0 N–H and O–H groups in total. The summed E-state index contributed by atoms with van der Waals surface area (Å²) in [7, 11) is -1.29. The maximum Gasteiger partial charge on any atom is 0.267 e. The van der Waals surface area contributed by atoms with Crippen LogP contribution >= 0.6 is 0 Å². The highest BCUT2D eigenvalue weighted by Gasteiger charge is 2.15. The molecule has 6 nitrogen and oxygen atoms in total. The maximum absolute atomic E-state index is 12.0. The minimum absolute atomic E-state index is 0.0593. The largest absolute Gasteiger partial charge is 0.268 e. The van der Waals surface area contributed by atoms with Crippen LogP contribution in [-0.2, 0) is 10.8 Å². The summed E-state index contributed by atoms with van der Waals surface area (Å²) in [6, 6.07) is 12.7. The fourth-order valence-electron chi connectivity index (χ4n) is 2.45. The van der Waals surface area contributed by atoms with Gasteiger partial charge in [-0.25, -0.2) is 14.6 Å². The lowest BCUT2D eigenvalue weighted by Crippen LogP contribution is -2.24. The average molecular weight is 354 g/mol. The normalized spacial score (nSPS) is 12.3. The fourth-order valence-corrected chi connectivity index (χ4v) is 2.87. The number of nitrogens with zero attached hydrogens (tertiary/aromatic N) is 4. The summed E-state index contributed by atoms with van der Waals surface area (Å²) < 4.78 is 13.2. The molecule has 0 aliphatic heterocycles. The van der Waals surface area contributed by atoms with Gasteiger partial charge in [0.1, 0.15) is 0 Å². The lowest BCUT2D eigenvalue weighted by molar-refractivity contribution is 0.505. The molecule has 0 radical (unpaired) electrons. The summed E-state index contributed by atoms with van der Waals surface area (Å²) in [6.07, 6.45) is 3.16. The molecule has 2 aromatic heterocycles. The van der Waals surface area contributed by atoms with E-state index in [2.05, 4.69) is 15.1 Å². The van der Waals surface area contributed by atoms with E-state index in [0.29, 0.717) is 17.0 Å². The minimum Gasteiger partial charge on any atom is -0.268 e. The van der Waals surface area contributed by atoms with Crippen LogP contribution in [0.3, 0.4) is 0 Å². The summed E-state index contributed by atoms with van der Waals surface area (Å²) in [5.41, 5.74) is 2.64. The summed E-state index contributed by atoms with van der Waals surface area (Å²) in [5, 5.41) is 4.71. The van der Waals surface area contributed by atoms with Gasteiger partial charge < -0.3 is 0 Å². The molecule has 1 atom stereocenters. The first-order valence-corrected chi connectivity index (χ1v) is 9.39. The molecular formula is C18H18N4O2S. The SMILES string of the molecule is CC(C)n1nc(-c2cnc(S(C)=O)nc2-c2ccccc2)ccc1=O. The van der Waals surface area contributed by atoms with Crippen LogP contribution in [-0.4, -0.2) is 30.2 Å². The first-order valence-electron chi connectivity index (χ1n) is 7.83. The predicted octanol–water partition coefficient (Wildman–Crippen LogP) is 2.69. The molecule has 128 valence electrons. The fraction of sp³-hybridized carbons (Fsp3) is 0.222. The summed E-state index contributed by atoms with van der Waals surface area (Å²) >= 11 is 0. The number of hydrogen-bond donors (Lipinski definition) is 0. The molecule has 7 heteroatoms. The van der Waals surface area contributed by atoms with Gasteiger partial charge in [0.25, 0.3) is 5.56 Å². The van der Waals surface area contributed by atoms with Gasteiger partial charge in [0.2, 0.25) is 5.16 Å². The first kappa shape index (κ1) is 17.2. The Hall–Kier alpha value is -2.67. The standard InChI is InChI=1S/C18H18N4O2S/c1-12(2)22-16(23)10-9-15(21-22)14-11-19-18(25(3)24)20-17(14)13-7-5-4-6-8-13/h4-12H,1-3H3. The molecular weight excluding hydrogens is 336 g/mol. The zero-order chi connectivity index (χ0) is 18.0. The summed E-state index contributed by atoms with van der Waals surface area (Å²) in [6.45, 7) is 3.80. The Morgan fingerprint density at radius 3 is 2.44 bits per heavy atom. The number of hydrogen-bond acceptors (Lipinski definition) is 5. The Kier molecular flexibility index (Phi) is 4.85. The van der Waals surface area contributed by atoms with Gasteiger partial charge in [0, 0.05) is 29.6 Å². The molecule has 0 aliphatic rings. The second-order valence-corrected chi connectivity index (χ2v) is 7.10. The molecule has 0 amide bonds. The highest BCUT2D eigenvalue weighted by molar-refractivity contribution is 7.84. The zero-order valence-electron chi connectivity index (χ0n) is 14.2. The van der Waals surface area contributed by atoms with Crippen molar-refractivity contribution >= 4 is 10.8 Å². The van der Waals surface area contributed by atoms with Gasteiger partial charge in [-0.3, -0.25) is 9.00 Å². The van der Waals surface area contributed by atoms with E-state index >= 15 is 0 Å². The predicted molar refractivity (Wildman–Crippen MR) is 97.7 cm³/mol. The van der Waals surface area contributed by atoms with Crippen LogP contribution in [0.2, 0.25) is 0 Å². The first-order chi connectivity index (χ1) is 12.0. The Balaban J connectivity index is 2.24. The molecule has 0 saturated heterocycles. The number of benzene rings is 1. The van der Waals surface area contributed by atoms with Crippen molar-refractivity contribution in [3.63, 3.8) is 0 Å². The molecule has 0 saturated carbocycles. The van der Waals surface area contributed by atoms with Gasteiger partial charge in [-0.15, -0.1) is 0 Å². The van der Waals surface area contributed by atoms with Crippen molar-refractivity contribution < 1.29 is 4.21 Å². The number of rotatable bonds is 4. The molecule has 3 rings (SSSR count). The van der Waals surface area contributed by atoms with Gasteiger partial charge in [0.15, 0.2) is 0 Å².